The van der Waals surface area contributed by atoms with E-state index in [0.717, 1.165) is 23.4 Å². The van der Waals surface area contributed by atoms with E-state index in [2.05, 4.69) is 15.4 Å². The average Bonchev–Trinajstić information content (AvgIpc) is 3.29. The van der Waals surface area contributed by atoms with Crippen LogP contribution in [0.2, 0.25) is 0 Å². The van der Waals surface area contributed by atoms with Gasteiger partial charge in [0, 0.05) is 23.5 Å². The number of fused-ring (bicyclic) bond motifs is 1. The molecule has 2 heterocycles. The molecule has 1 aromatic carbocycles. The Morgan fingerprint density at radius 1 is 1.23 bits per heavy atom. The summed E-state index contributed by atoms with van der Waals surface area (Å²) in [5, 5.41) is 7.27. The topological polar surface area (TPSA) is 59.8 Å². The lowest BCUT2D eigenvalue weighted by Crippen LogP contribution is -2.27. The molecule has 1 N–H and O–H groups in total. The van der Waals surface area contributed by atoms with Crippen LogP contribution in [0.25, 0.3) is 5.69 Å². The number of carbonyl (C=O) groups excluding carboxylic acids is 1. The van der Waals surface area contributed by atoms with Crippen molar-refractivity contribution >= 4 is 5.91 Å². The number of nitrogens with zero attached hydrogens (tertiary/aromatic N) is 3. The van der Waals surface area contributed by atoms with Crippen molar-refractivity contribution in [1.29, 1.82) is 0 Å². The number of hydrogen-bond donors (Lipinski definition) is 1. The van der Waals surface area contributed by atoms with Crippen LogP contribution in [0.3, 0.4) is 0 Å². The number of halogens is 4. The van der Waals surface area contributed by atoms with Crippen LogP contribution in [0.5, 0.6) is 0 Å². The first-order valence-electron chi connectivity index (χ1n) is 9.85. The fraction of sp³-hybridized carbons (Fsp3) is 0.318. The van der Waals surface area contributed by atoms with E-state index in [9.17, 15) is 22.4 Å². The number of rotatable bonds is 4. The maximum atomic E-state index is 13.9. The van der Waals surface area contributed by atoms with Crippen LogP contribution in [-0.2, 0) is 12.6 Å². The van der Waals surface area contributed by atoms with E-state index in [-0.39, 0.29) is 23.2 Å². The van der Waals surface area contributed by atoms with Gasteiger partial charge in [-0.1, -0.05) is 13.8 Å². The Morgan fingerprint density at radius 2 is 2.00 bits per heavy atom. The third kappa shape index (κ3) is 4.30. The third-order valence-electron chi connectivity index (χ3n) is 5.32. The van der Waals surface area contributed by atoms with Crippen molar-refractivity contribution < 1.29 is 22.4 Å². The molecule has 0 spiro atoms. The fourth-order valence-corrected chi connectivity index (χ4v) is 3.66. The summed E-state index contributed by atoms with van der Waals surface area (Å²) in [4.78, 5) is 16.1. The molecule has 4 rings (SSSR count). The summed E-state index contributed by atoms with van der Waals surface area (Å²) in [6, 6.07) is 6.27. The maximum Gasteiger partial charge on any atom is 0.433 e. The van der Waals surface area contributed by atoms with Crippen LogP contribution in [0.1, 0.15) is 65.1 Å². The fourth-order valence-electron chi connectivity index (χ4n) is 3.66. The van der Waals surface area contributed by atoms with E-state index >= 15 is 0 Å². The Balaban J connectivity index is 1.57. The van der Waals surface area contributed by atoms with Crippen LogP contribution >= 0.6 is 0 Å². The summed E-state index contributed by atoms with van der Waals surface area (Å²) in [6.45, 7) is 3.83. The smallest absolute Gasteiger partial charge is 0.345 e. The van der Waals surface area contributed by atoms with Gasteiger partial charge in [0.15, 0.2) is 0 Å². The summed E-state index contributed by atoms with van der Waals surface area (Å²) in [7, 11) is 0. The normalized spacial score (nSPS) is 15.9. The molecule has 0 bridgehead atoms. The van der Waals surface area contributed by atoms with Crippen LogP contribution in [0.15, 0.2) is 42.7 Å². The summed E-state index contributed by atoms with van der Waals surface area (Å²) in [5.74, 6) is -0.815. The lowest BCUT2D eigenvalue weighted by molar-refractivity contribution is -0.141. The highest BCUT2D eigenvalue weighted by Crippen LogP contribution is 2.33. The highest BCUT2D eigenvalue weighted by molar-refractivity contribution is 5.94. The molecule has 2 aromatic heterocycles. The van der Waals surface area contributed by atoms with Crippen molar-refractivity contribution in [3.05, 3.63) is 76.6 Å². The second kappa shape index (κ2) is 7.79. The van der Waals surface area contributed by atoms with E-state index in [1.54, 1.807) is 12.3 Å². The molecule has 1 amide bonds. The molecule has 1 atom stereocenters. The molecular weight excluding hydrogens is 412 g/mol. The van der Waals surface area contributed by atoms with Gasteiger partial charge in [-0.3, -0.25) is 9.78 Å². The zero-order valence-corrected chi connectivity index (χ0v) is 16.9. The minimum Gasteiger partial charge on any atom is -0.345 e. The molecule has 0 fully saturated rings. The molecule has 0 saturated carbocycles. The number of alkyl halides is 3. The first-order valence-corrected chi connectivity index (χ1v) is 9.85. The number of pyridine rings is 1. The molecule has 5 nitrogen and oxygen atoms in total. The predicted molar refractivity (Wildman–Crippen MR) is 105 cm³/mol. The van der Waals surface area contributed by atoms with E-state index < -0.39 is 23.6 Å². The summed E-state index contributed by atoms with van der Waals surface area (Å²) in [6.07, 6.45) is -0.664. The predicted octanol–water partition coefficient (Wildman–Crippen LogP) is 4.97. The van der Waals surface area contributed by atoms with E-state index in [4.69, 9.17) is 0 Å². The van der Waals surface area contributed by atoms with Gasteiger partial charge in [0.1, 0.15) is 11.5 Å². The average molecular weight is 432 g/mol. The zero-order chi connectivity index (χ0) is 22.3. The summed E-state index contributed by atoms with van der Waals surface area (Å²) >= 11 is 0. The Kier molecular flexibility index (Phi) is 5.28. The van der Waals surface area contributed by atoms with E-state index in [0.29, 0.717) is 18.5 Å². The van der Waals surface area contributed by atoms with E-state index in [1.165, 1.54) is 22.9 Å². The second-order valence-electron chi connectivity index (χ2n) is 7.87. The third-order valence-corrected chi connectivity index (χ3v) is 5.32. The quantitative estimate of drug-likeness (QED) is 0.593. The molecule has 162 valence electrons. The van der Waals surface area contributed by atoms with Crippen LogP contribution in [0.4, 0.5) is 17.6 Å². The van der Waals surface area contributed by atoms with Crippen molar-refractivity contribution in [2.75, 3.05) is 0 Å². The Bertz CT molecular complexity index is 1140. The molecule has 0 radical (unpaired) electrons. The number of aryl methyl sites for hydroxylation is 1. The number of aromatic nitrogens is 3. The lowest BCUT2D eigenvalue weighted by atomic mass is 10.00. The Morgan fingerprint density at radius 3 is 2.71 bits per heavy atom. The van der Waals surface area contributed by atoms with Gasteiger partial charge in [-0.2, -0.15) is 18.3 Å². The van der Waals surface area contributed by atoms with Crippen molar-refractivity contribution in [2.24, 2.45) is 0 Å². The van der Waals surface area contributed by atoms with Gasteiger partial charge in [0.25, 0.3) is 5.91 Å². The number of carbonyl (C=O) groups is 1. The van der Waals surface area contributed by atoms with Crippen molar-refractivity contribution in [3.63, 3.8) is 0 Å². The first-order chi connectivity index (χ1) is 14.6. The minimum absolute atomic E-state index is 0.0699. The molecule has 0 aliphatic heterocycles. The number of amides is 1. The number of benzene rings is 1. The Hall–Kier alpha value is -3.23. The molecule has 31 heavy (non-hydrogen) atoms. The van der Waals surface area contributed by atoms with E-state index in [1.807, 2.05) is 13.8 Å². The van der Waals surface area contributed by atoms with Crippen molar-refractivity contribution in [3.8, 4) is 5.69 Å². The zero-order valence-electron chi connectivity index (χ0n) is 16.9. The molecule has 9 heteroatoms. The first kappa shape index (κ1) is 21.0. The van der Waals surface area contributed by atoms with Gasteiger partial charge in [-0.25, -0.2) is 9.07 Å². The molecule has 0 saturated heterocycles. The monoisotopic (exact) mass is 432 g/mol. The van der Waals surface area contributed by atoms with Gasteiger partial charge < -0.3 is 5.32 Å². The number of hydrogen-bond acceptors (Lipinski definition) is 3. The highest BCUT2D eigenvalue weighted by atomic mass is 19.4. The summed E-state index contributed by atoms with van der Waals surface area (Å²) < 4.78 is 54.1. The molecule has 1 aliphatic rings. The van der Waals surface area contributed by atoms with Gasteiger partial charge in [-0.15, -0.1) is 0 Å². The lowest BCUT2D eigenvalue weighted by Gasteiger charge is -2.14. The van der Waals surface area contributed by atoms with Gasteiger partial charge in [0.05, 0.1) is 17.4 Å². The SMILES string of the molecule is CC(C)c1cc(F)cc(C(=O)NC2CCc3nn(-c4ccnc(C(F)(F)F)c4)cc32)c1. The molecule has 1 unspecified atom stereocenters. The van der Waals surface area contributed by atoms with Crippen LogP contribution < -0.4 is 5.32 Å². The van der Waals surface area contributed by atoms with Crippen molar-refractivity contribution in [1.82, 2.24) is 20.1 Å². The molecule has 1 aliphatic carbocycles. The maximum absolute atomic E-state index is 13.9. The van der Waals surface area contributed by atoms with Gasteiger partial charge in [-0.05, 0) is 54.7 Å². The second-order valence-corrected chi connectivity index (χ2v) is 7.87. The van der Waals surface area contributed by atoms with Crippen LogP contribution in [0, 0.1) is 5.82 Å². The van der Waals surface area contributed by atoms with Gasteiger partial charge in [0.2, 0.25) is 0 Å². The minimum atomic E-state index is -4.55. The van der Waals surface area contributed by atoms with Crippen LogP contribution in [-0.4, -0.2) is 20.7 Å². The highest BCUT2D eigenvalue weighted by Gasteiger charge is 2.33. The molecular formula is C22H20F4N4O. The standard InChI is InChI=1S/C22H20F4N4O/c1-12(2)13-7-14(9-15(23)8-13)21(31)28-18-3-4-19-17(18)11-30(29-19)16-5-6-27-20(10-16)22(24,25)26/h5-12,18H,3-4H2,1-2H3,(H,28,31). The molecule has 3 aromatic rings. The Labute approximate surface area is 176 Å². The van der Waals surface area contributed by atoms with Gasteiger partial charge >= 0.3 is 6.18 Å². The largest absolute Gasteiger partial charge is 0.433 e. The van der Waals surface area contributed by atoms with Crippen molar-refractivity contribution in [2.45, 2.75) is 44.8 Å². The summed E-state index contributed by atoms with van der Waals surface area (Å²) in [5.41, 5.74) is 1.62. The number of nitrogens with one attached hydrogen (secondary N) is 1.